The van der Waals surface area contributed by atoms with E-state index >= 15 is 0 Å². The third kappa shape index (κ3) is 3.70. The number of ether oxygens (including phenoxy) is 1. The van der Waals surface area contributed by atoms with Gasteiger partial charge in [0.25, 0.3) is 11.6 Å². The molecule has 0 spiro atoms. The summed E-state index contributed by atoms with van der Waals surface area (Å²) >= 11 is 5.85. The van der Waals surface area contributed by atoms with Gasteiger partial charge in [0, 0.05) is 17.2 Å². The van der Waals surface area contributed by atoms with Crippen LogP contribution in [-0.2, 0) is 6.61 Å². The average molecular weight is 307 g/mol. The fourth-order valence-corrected chi connectivity index (χ4v) is 1.86. The van der Waals surface area contributed by atoms with Crippen molar-refractivity contribution in [2.24, 2.45) is 5.73 Å². The van der Waals surface area contributed by atoms with E-state index in [9.17, 15) is 14.9 Å². The number of non-ortho nitro benzene ring substituents is 1. The Morgan fingerprint density at radius 3 is 2.48 bits per heavy atom. The smallest absolute Gasteiger partial charge is 0.269 e. The zero-order chi connectivity index (χ0) is 15.4. The summed E-state index contributed by atoms with van der Waals surface area (Å²) in [6.45, 7) is 0.138. The molecular weight excluding hydrogens is 296 g/mol. The predicted octanol–water partition coefficient (Wildman–Crippen LogP) is 2.93. The Morgan fingerprint density at radius 1 is 1.24 bits per heavy atom. The zero-order valence-corrected chi connectivity index (χ0v) is 11.5. The first kappa shape index (κ1) is 14.8. The minimum atomic E-state index is -0.620. The molecule has 0 saturated heterocycles. The SMILES string of the molecule is NC(=O)c1ccc(Cl)cc1OCc1ccc([N+](=O)[O-])cc1. The molecule has 0 aliphatic heterocycles. The van der Waals surface area contributed by atoms with E-state index in [1.807, 2.05) is 0 Å². The molecule has 0 saturated carbocycles. The van der Waals surface area contributed by atoms with Crippen molar-refractivity contribution in [2.75, 3.05) is 0 Å². The maximum absolute atomic E-state index is 11.3. The van der Waals surface area contributed by atoms with E-state index in [-0.39, 0.29) is 23.6 Å². The fraction of sp³-hybridized carbons (Fsp3) is 0.0714. The number of hydrogen-bond acceptors (Lipinski definition) is 4. The molecule has 21 heavy (non-hydrogen) atoms. The van der Waals surface area contributed by atoms with E-state index < -0.39 is 10.8 Å². The summed E-state index contributed by atoms with van der Waals surface area (Å²) in [7, 11) is 0. The Hall–Kier alpha value is -2.60. The molecule has 2 N–H and O–H groups in total. The summed E-state index contributed by atoms with van der Waals surface area (Å²) in [4.78, 5) is 21.4. The van der Waals surface area contributed by atoms with Crippen molar-refractivity contribution in [3.05, 3.63) is 68.7 Å². The van der Waals surface area contributed by atoms with Crippen LogP contribution in [0, 0.1) is 10.1 Å². The first-order chi connectivity index (χ1) is 9.97. The van der Waals surface area contributed by atoms with Gasteiger partial charge >= 0.3 is 0 Å². The summed E-state index contributed by atoms with van der Waals surface area (Å²) in [5, 5.41) is 11.0. The van der Waals surface area contributed by atoms with Gasteiger partial charge in [-0.2, -0.15) is 0 Å². The van der Waals surface area contributed by atoms with Gasteiger partial charge in [-0.15, -0.1) is 0 Å². The molecule has 0 radical (unpaired) electrons. The largest absolute Gasteiger partial charge is 0.488 e. The molecule has 0 bridgehead atoms. The number of carbonyl (C=O) groups excluding carboxylic acids is 1. The molecule has 2 aromatic carbocycles. The van der Waals surface area contributed by atoms with E-state index in [0.29, 0.717) is 5.02 Å². The lowest BCUT2D eigenvalue weighted by Crippen LogP contribution is -2.13. The molecular formula is C14H11ClN2O4. The topological polar surface area (TPSA) is 95.5 Å². The molecule has 2 aromatic rings. The Morgan fingerprint density at radius 2 is 1.90 bits per heavy atom. The highest BCUT2D eigenvalue weighted by atomic mass is 35.5. The van der Waals surface area contributed by atoms with Crippen LogP contribution in [0.3, 0.4) is 0 Å². The lowest BCUT2D eigenvalue weighted by Gasteiger charge is -2.10. The monoisotopic (exact) mass is 306 g/mol. The van der Waals surface area contributed by atoms with Gasteiger partial charge in [0.15, 0.2) is 0 Å². The predicted molar refractivity (Wildman–Crippen MR) is 77.4 cm³/mol. The fourth-order valence-electron chi connectivity index (χ4n) is 1.69. The van der Waals surface area contributed by atoms with Gasteiger partial charge in [0.05, 0.1) is 10.5 Å². The number of carbonyl (C=O) groups is 1. The van der Waals surface area contributed by atoms with Gasteiger partial charge in [-0.25, -0.2) is 0 Å². The second-order valence-corrected chi connectivity index (χ2v) is 4.65. The van der Waals surface area contributed by atoms with Crippen LogP contribution in [-0.4, -0.2) is 10.8 Å². The van der Waals surface area contributed by atoms with Gasteiger partial charge in [0.1, 0.15) is 12.4 Å². The minimum Gasteiger partial charge on any atom is -0.488 e. The number of primary amides is 1. The van der Waals surface area contributed by atoms with Crippen LogP contribution in [0.25, 0.3) is 0 Å². The van der Waals surface area contributed by atoms with Crippen LogP contribution >= 0.6 is 11.6 Å². The number of rotatable bonds is 5. The molecule has 0 aromatic heterocycles. The van der Waals surface area contributed by atoms with Crippen LogP contribution < -0.4 is 10.5 Å². The number of benzene rings is 2. The van der Waals surface area contributed by atoms with Crippen molar-refractivity contribution in [1.29, 1.82) is 0 Å². The standard InChI is InChI=1S/C14H11ClN2O4/c15-10-3-6-12(14(16)18)13(7-10)21-8-9-1-4-11(5-2-9)17(19)20/h1-7H,8H2,(H2,16,18). The third-order valence-corrected chi connectivity index (χ3v) is 2.99. The minimum absolute atomic E-state index is 0.000620. The lowest BCUT2D eigenvalue weighted by atomic mass is 10.2. The zero-order valence-electron chi connectivity index (χ0n) is 10.8. The van der Waals surface area contributed by atoms with Gasteiger partial charge in [0.2, 0.25) is 0 Å². The van der Waals surface area contributed by atoms with Gasteiger partial charge in [-0.1, -0.05) is 11.6 Å². The maximum atomic E-state index is 11.3. The molecule has 0 fully saturated rings. The Labute approximate surface area is 125 Å². The van der Waals surface area contributed by atoms with Gasteiger partial charge in [-0.05, 0) is 35.9 Å². The second-order valence-electron chi connectivity index (χ2n) is 4.22. The molecule has 0 unspecified atom stereocenters. The van der Waals surface area contributed by atoms with Crippen molar-refractivity contribution < 1.29 is 14.5 Å². The number of amides is 1. The summed E-state index contributed by atoms with van der Waals surface area (Å²) in [6, 6.07) is 10.4. The molecule has 0 aliphatic rings. The first-order valence-electron chi connectivity index (χ1n) is 5.93. The van der Waals surface area contributed by atoms with Crippen molar-refractivity contribution in [1.82, 2.24) is 0 Å². The molecule has 0 heterocycles. The number of nitro groups is 1. The van der Waals surface area contributed by atoms with Gasteiger partial charge in [-0.3, -0.25) is 14.9 Å². The summed E-state index contributed by atoms with van der Waals surface area (Å²) in [6.07, 6.45) is 0. The number of halogens is 1. The molecule has 108 valence electrons. The maximum Gasteiger partial charge on any atom is 0.269 e. The first-order valence-corrected chi connectivity index (χ1v) is 6.30. The number of nitro benzene ring substituents is 1. The number of nitrogens with two attached hydrogens (primary N) is 1. The summed E-state index contributed by atoms with van der Waals surface area (Å²) in [5.41, 5.74) is 6.19. The highest BCUT2D eigenvalue weighted by molar-refractivity contribution is 6.30. The quantitative estimate of drug-likeness (QED) is 0.678. The number of nitrogens with zero attached hydrogens (tertiary/aromatic N) is 1. The molecule has 2 rings (SSSR count). The van der Waals surface area contributed by atoms with Crippen molar-refractivity contribution >= 4 is 23.2 Å². The third-order valence-electron chi connectivity index (χ3n) is 2.75. The van der Waals surface area contributed by atoms with E-state index in [2.05, 4.69) is 0 Å². The molecule has 7 heteroatoms. The van der Waals surface area contributed by atoms with E-state index in [1.165, 1.54) is 24.3 Å². The lowest BCUT2D eigenvalue weighted by molar-refractivity contribution is -0.384. The van der Waals surface area contributed by atoms with Crippen molar-refractivity contribution in [2.45, 2.75) is 6.61 Å². The molecule has 1 amide bonds. The highest BCUT2D eigenvalue weighted by Crippen LogP contribution is 2.24. The molecule has 0 atom stereocenters. The summed E-state index contributed by atoms with van der Waals surface area (Å²) in [5.74, 6) is -0.348. The van der Waals surface area contributed by atoms with E-state index in [0.717, 1.165) is 5.56 Å². The van der Waals surface area contributed by atoms with Crippen molar-refractivity contribution in [3.8, 4) is 5.75 Å². The second kappa shape index (κ2) is 6.23. The average Bonchev–Trinajstić information content (AvgIpc) is 2.45. The van der Waals surface area contributed by atoms with Crippen LogP contribution in [0.5, 0.6) is 5.75 Å². The Kier molecular flexibility index (Phi) is 4.39. The van der Waals surface area contributed by atoms with Crippen LogP contribution in [0.2, 0.25) is 5.02 Å². The normalized spacial score (nSPS) is 10.1. The van der Waals surface area contributed by atoms with E-state index in [4.69, 9.17) is 22.1 Å². The van der Waals surface area contributed by atoms with Gasteiger partial charge < -0.3 is 10.5 Å². The number of hydrogen-bond donors (Lipinski definition) is 1. The molecule has 6 nitrogen and oxygen atoms in total. The summed E-state index contributed by atoms with van der Waals surface area (Å²) < 4.78 is 5.51. The highest BCUT2D eigenvalue weighted by Gasteiger charge is 2.11. The van der Waals surface area contributed by atoms with Crippen LogP contribution in [0.15, 0.2) is 42.5 Å². The van der Waals surface area contributed by atoms with Crippen molar-refractivity contribution in [3.63, 3.8) is 0 Å². The Balaban J connectivity index is 2.14. The van der Waals surface area contributed by atoms with E-state index in [1.54, 1.807) is 18.2 Å². The Bertz CT molecular complexity index is 686. The molecule has 0 aliphatic carbocycles. The van der Waals surface area contributed by atoms with Crippen LogP contribution in [0.1, 0.15) is 15.9 Å². The van der Waals surface area contributed by atoms with Crippen LogP contribution in [0.4, 0.5) is 5.69 Å².